The minimum absolute atomic E-state index is 0.405. The zero-order chi connectivity index (χ0) is 24.3. The zero-order valence-electron chi connectivity index (χ0n) is 20.2. The first kappa shape index (κ1) is 27.9. The lowest BCUT2D eigenvalue weighted by Gasteiger charge is -2.41. The van der Waals surface area contributed by atoms with Gasteiger partial charge in [0, 0.05) is 6.92 Å². The van der Waals surface area contributed by atoms with Crippen LogP contribution >= 0.6 is 15.9 Å². The Morgan fingerprint density at radius 2 is 1.81 bits per heavy atom. The lowest BCUT2D eigenvalue weighted by Crippen LogP contribution is -2.55. The quantitative estimate of drug-likeness (QED) is 0.284. The van der Waals surface area contributed by atoms with Crippen molar-refractivity contribution in [1.29, 1.82) is 0 Å². The predicted octanol–water partition coefficient (Wildman–Crippen LogP) is 3.63. The van der Waals surface area contributed by atoms with Crippen LogP contribution in [0.3, 0.4) is 0 Å². The molecule has 0 aliphatic rings. The van der Waals surface area contributed by atoms with Crippen molar-refractivity contribution in [3.05, 3.63) is 16.4 Å². The maximum Gasteiger partial charge on any atom is 0.408 e. The van der Waals surface area contributed by atoms with Gasteiger partial charge in [0.1, 0.15) is 16.7 Å². The van der Waals surface area contributed by atoms with E-state index in [1.165, 1.54) is 0 Å². The number of hydrogen-bond donors (Lipinski definition) is 1. The number of nitrogens with zero attached hydrogens (tertiary/aromatic N) is 3. The van der Waals surface area contributed by atoms with Crippen molar-refractivity contribution >= 4 is 32.1 Å². The van der Waals surface area contributed by atoms with Crippen LogP contribution in [0.5, 0.6) is 0 Å². The third-order valence-corrected chi connectivity index (χ3v) is 6.06. The summed E-state index contributed by atoms with van der Waals surface area (Å²) in [5.41, 5.74) is -0.320. The number of carbonyl (C=O) groups excluding carboxylic acids is 1. The van der Waals surface area contributed by atoms with E-state index in [4.69, 9.17) is 8.92 Å². The molecule has 0 aliphatic heterocycles. The van der Waals surface area contributed by atoms with Crippen molar-refractivity contribution in [3.8, 4) is 0 Å². The number of amides is 1. The summed E-state index contributed by atoms with van der Waals surface area (Å²) in [5.74, 6) is 0. The number of quaternary nitrogens is 1. The van der Waals surface area contributed by atoms with E-state index in [1.807, 2.05) is 59.2 Å². The number of nitrogens with one attached hydrogen (secondary N) is 1. The molecule has 1 heterocycles. The topological polar surface area (TPSA) is 99.5 Å². The van der Waals surface area contributed by atoms with E-state index in [2.05, 4.69) is 26.3 Å². The van der Waals surface area contributed by atoms with Gasteiger partial charge in [-0.15, -0.1) is 0 Å². The van der Waals surface area contributed by atoms with Crippen LogP contribution in [-0.2, 0) is 32.1 Å². The summed E-state index contributed by atoms with van der Waals surface area (Å²) in [6, 6.07) is 1.91. The molecular formula is C20H38BrN4O5S+. The Kier molecular flexibility index (Phi) is 9.15. The van der Waals surface area contributed by atoms with Crippen molar-refractivity contribution in [1.82, 2.24) is 15.1 Å². The van der Waals surface area contributed by atoms with E-state index in [9.17, 15) is 13.2 Å². The first-order chi connectivity index (χ1) is 13.9. The highest BCUT2D eigenvalue weighted by molar-refractivity contribution is 9.10. The van der Waals surface area contributed by atoms with Gasteiger partial charge in [0.25, 0.3) is 10.1 Å². The van der Waals surface area contributed by atoms with E-state index >= 15 is 0 Å². The van der Waals surface area contributed by atoms with Crippen LogP contribution < -0.4 is 5.32 Å². The number of ether oxygens (including phenoxy) is 1. The zero-order valence-corrected chi connectivity index (χ0v) is 22.6. The number of rotatable bonds is 10. The van der Waals surface area contributed by atoms with Crippen LogP contribution in [0.25, 0.3) is 0 Å². The summed E-state index contributed by atoms with van der Waals surface area (Å²) in [6.45, 7) is 17.3. The molecule has 0 aliphatic carbocycles. The molecule has 1 amide bonds. The molecule has 0 bridgehead atoms. The van der Waals surface area contributed by atoms with Gasteiger partial charge in [0.05, 0.1) is 37.1 Å². The maximum absolute atomic E-state index is 12.2. The van der Waals surface area contributed by atoms with Crippen molar-refractivity contribution in [2.45, 2.75) is 85.8 Å². The molecule has 0 saturated heterocycles. The third-order valence-electron chi connectivity index (χ3n) is 5.04. The average Bonchev–Trinajstić information content (AvgIpc) is 2.86. The Bertz CT molecular complexity index is 857. The molecular weight excluding hydrogens is 488 g/mol. The van der Waals surface area contributed by atoms with Gasteiger partial charge in [0.15, 0.2) is 0 Å². The van der Waals surface area contributed by atoms with Crippen molar-refractivity contribution in [3.63, 3.8) is 0 Å². The summed E-state index contributed by atoms with van der Waals surface area (Å²) in [6.07, 6.45) is 0.0163. The molecule has 0 aromatic carbocycles. The van der Waals surface area contributed by atoms with Gasteiger partial charge in [-0.25, -0.2) is 8.98 Å². The molecule has 1 N–H and O–H groups in total. The molecule has 0 spiro atoms. The molecule has 0 saturated carbocycles. The van der Waals surface area contributed by atoms with E-state index in [1.54, 1.807) is 6.92 Å². The van der Waals surface area contributed by atoms with Gasteiger partial charge in [-0.2, -0.15) is 13.5 Å². The number of halogens is 1. The number of carbonyl (C=O) groups is 1. The number of aromatic nitrogens is 2. The highest BCUT2D eigenvalue weighted by atomic mass is 79.9. The van der Waals surface area contributed by atoms with Gasteiger partial charge in [-0.1, -0.05) is 0 Å². The molecule has 1 unspecified atom stereocenters. The van der Waals surface area contributed by atoms with Gasteiger partial charge in [-0.05, 0) is 70.5 Å². The largest absolute Gasteiger partial charge is 0.444 e. The van der Waals surface area contributed by atoms with Crippen molar-refractivity contribution in [2.24, 2.45) is 0 Å². The fraction of sp³-hybridized carbons (Fsp3) is 0.800. The van der Waals surface area contributed by atoms with Crippen molar-refractivity contribution in [2.75, 3.05) is 19.3 Å². The van der Waals surface area contributed by atoms with Crippen LogP contribution in [-0.4, -0.2) is 65.5 Å². The Hall–Kier alpha value is -1.17. The summed E-state index contributed by atoms with van der Waals surface area (Å²) < 4.78 is 37.1. The molecule has 1 aromatic rings. The molecule has 0 radical (unpaired) electrons. The van der Waals surface area contributed by atoms with Crippen LogP contribution in [0.4, 0.5) is 4.79 Å². The molecule has 31 heavy (non-hydrogen) atoms. The highest BCUT2D eigenvalue weighted by Crippen LogP contribution is 2.24. The van der Waals surface area contributed by atoms with Crippen LogP contribution in [0.1, 0.15) is 61.1 Å². The Labute approximate surface area is 195 Å². The Morgan fingerprint density at radius 1 is 1.26 bits per heavy atom. The molecule has 0 fully saturated rings. The summed E-state index contributed by atoms with van der Waals surface area (Å²) in [7, 11) is -3.59. The molecule has 1 atom stereocenters. The number of alkyl carbamates (subject to hydrolysis) is 1. The Morgan fingerprint density at radius 3 is 2.26 bits per heavy atom. The second kappa shape index (κ2) is 10.2. The lowest BCUT2D eigenvalue weighted by atomic mass is 10.1. The monoisotopic (exact) mass is 525 g/mol. The van der Waals surface area contributed by atoms with Crippen LogP contribution in [0, 0.1) is 0 Å². The normalized spacial score (nSPS) is 14.4. The van der Waals surface area contributed by atoms with Gasteiger partial charge < -0.3 is 10.1 Å². The third kappa shape index (κ3) is 9.07. The summed E-state index contributed by atoms with van der Waals surface area (Å²) in [5, 5.41) is 7.43. The summed E-state index contributed by atoms with van der Waals surface area (Å²) >= 11 is 3.44. The fourth-order valence-corrected chi connectivity index (χ4v) is 4.58. The minimum atomic E-state index is -3.59. The standard InChI is InChI=1S/C20H37BrN4O5S/c1-10-25(11-2,15(3)30-31(9,27)28)13-16-12-17(21)23-24(16)14-20(7,8)22-18(26)29-19(4,5)6/h12,15H,10-11,13-14H2,1-9H3/p+1. The highest BCUT2D eigenvalue weighted by Gasteiger charge is 2.36. The smallest absolute Gasteiger partial charge is 0.408 e. The average molecular weight is 527 g/mol. The Balaban J connectivity index is 3.12. The lowest BCUT2D eigenvalue weighted by molar-refractivity contribution is -0.975. The van der Waals surface area contributed by atoms with E-state index in [0.29, 0.717) is 35.3 Å². The van der Waals surface area contributed by atoms with Gasteiger partial charge in [-0.3, -0.25) is 9.16 Å². The van der Waals surface area contributed by atoms with E-state index in [-0.39, 0.29) is 0 Å². The first-order valence-corrected chi connectivity index (χ1v) is 13.0. The molecule has 11 heteroatoms. The van der Waals surface area contributed by atoms with E-state index in [0.717, 1.165) is 11.9 Å². The molecule has 180 valence electrons. The van der Waals surface area contributed by atoms with Crippen LogP contribution in [0.15, 0.2) is 10.7 Å². The maximum atomic E-state index is 12.2. The van der Waals surface area contributed by atoms with Gasteiger partial charge >= 0.3 is 6.09 Å². The SMILES string of the molecule is CC[N+](CC)(Cc1cc(Br)nn1CC(C)(C)NC(=O)OC(C)(C)C)C(C)OS(C)(=O)=O. The van der Waals surface area contributed by atoms with E-state index < -0.39 is 33.6 Å². The first-order valence-electron chi connectivity index (χ1n) is 10.4. The molecule has 9 nitrogen and oxygen atoms in total. The second-order valence-electron chi connectivity index (χ2n) is 9.54. The minimum Gasteiger partial charge on any atom is -0.444 e. The predicted molar refractivity (Wildman–Crippen MR) is 124 cm³/mol. The number of hydrogen-bond acceptors (Lipinski definition) is 6. The van der Waals surface area contributed by atoms with Gasteiger partial charge in [0.2, 0.25) is 6.23 Å². The second-order valence-corrected chi connectivity index (χ2v) is 11.9. The molecule has 1 aromatic heterocycles. The molecule has 1 rings (SSSR count). The van der Waals surface area contributed by atoms with Crippen molar-refractivity contribution < 1.29 is 26.6 Å². The van der Waals surface area contributed by atoms with Crippen LogP contribution in [0.2, 0.25) is 0 Å². The fourth-order valence-electron chi connectivity index (χ4n) is 3.44. The summed E-state index contributed by atoms with van der Waals surface area (Å²) in [4.78, 5) is 12.2.